The second-order valence-corrected chi connectivity index (χ2v) is 15.9. The lowest BCUT2D eigenvalue weighted by molar-refractivity contribution is -0.125. The van der Waals surface area contributed by atoms with Crippen LogP contribution in [0, 0.1) is 43.8 Å². The van der Waals surface area contributed by atoms with Crippen LogP contribution in [0.25, 0.3) is 11.1 Å². The quantitative estimate of drug-likeness (QED) is 0.157. The summed E-state index contributed by atoms with van der Waals surface area (Å²) in [5.41, 5.74) is 8.75. The lowest BCUT2D eigenvalue weighted by atomic mass is 9.92. The van der Waals surface area contributed by atoms with Crippen LogP contribution in [0.2, 0.25) is 0 Å². The highest BCUT2D eigenvalue weighted by molar-refractivity contribution is 5.99. The van der Waals surface area contributed by atoms with Gasteiger partial charge in [0.25, 0.3) is 5.91 Å². The van der Waals surface area contributed by atoms with E-state index in [1.54, 1.807) is 4.90 Å². The second kappa shape index (κ2) is 14.3. The van der Waals surface area contributed by atoms with Gasteiger partial charge in [0.1, 0.15) is 11.6 Å². The van der Waals surface area contributed by atoms with E-state index >= 15 is 4.39 Å². The third-order valence-corrected chi connectivity index (χ3v) is 12.2. The summed E-state index contributed by atoms with van der Waals surface area (Å²) in [6, 6.07) is 20.8. The number of hydrogen-bond donors (Lipinski definition) is 1. The van der Waals surface area contributed by atoms with Gasteiger partial charge in [-0.05, 0) is 99.5 Å². The third-order valence-electron chi connectivity index (χ3n) is 12.2. The van der Waals surface area contributed by atoms with Crippen LogP contribution < -0.4 is 15.1 Å². The molecule has 8 rings (SSSR count). The lowest BCUT2D eigenvalue weighted by Crippen LogP contribution is -2.66. The maximum atomic E-state index is 15.5. The van der Waals surface area contributed by atoms with Crippen molar-refractivity contribution in [3.8, 4) is 17.2 Å². The Bertz CT molecular complexity index is 2180. The topological polar surface area (TPSA) is 126 Å². The summed E-state index contributed by atoms with van der Waals surface area (Å²) < 4.78 is 21.0. The van der Waals surface area contributed by atoms with Crippen LogP contribution in [0.3, 0.4) is 0 Å². The average Bonchev–Trinajstić information content (AvgIpc) is 3.79. The Morgan fingerprint density at radius 1 is 1.11 bits per heavy atom. The number of imide groups is 1. The van der Waals surface area contributed by atoms with Crippen molar-refractivity contribution < 1.29 is 23.3 Å². The molecule has 11 nitrogen and oxygen atoms in total. The summed E-state index contributed by atoms with van der Waals surface area (Å²) in [4.78, 5) is 44.1. The molecule has 55 heavy (non-hydrogen) atoms. The molecule has 3 aromatic carbocycles. The molecule has 1 aliphatic carbocycles. The number of carbonyl (C=O) groups excluding carboxylic acids is 3. The number of nitrogens with one attached hydrogen (secondary N) is 1. The Kier molecular flexibility index (Phi) is 9.45. The molecular formula is C43H46FN7O4. The molecule has 1 N–H and O–H groups in total. The Labute approximate surface area is 320 Å². The van der Waals surface area contributed by atoms with E-state index in [4.69, 9.17) is 4.52 Å². The predicted molar refractivity (Wildman–Crippen MR) is 206 cm³/mol. The van der Waals surface area contributed by atoms with Crippen LogP contribution in [-0.2, 0) is 21.5 Å². The normalized spacial score (nSPS) is 18.3. The highest BCUT2D eigenvalue weighted by Gasteiger charge is 2.45. The van der Waals surface area contributed by atoms with E-state index in [9.17, 15) is 19.6 Å². The number of nitriles is 1. The SMILES string of the molecule is Cc1ccc(-c2c(C)noc2C)cc1N(CC1CN(C2CN(c3cc4c(cc3F)C(=O)N(C(C)CCC(=O)NC=O)C4)C2)C1)c1ccc(C2(C#N)CC2)cc1. The lowest BCUT2D eigenvalue weighted by Gasteiger charge is -2.53. The molecule has 3 fully saturated rings. The number of amides is 3. The van der Waals surface area contributed by atoms with E-state index < -0.39 is 5.82 Å². The van der Waals surface area contributed by atoms with E-state index in [0.29, 0.717) is 55.7 Å². The number of anilines is 3. The minimum atomic E-state index is -0.398. The molecule has 2 saturated heterocycles. The van der Waals surface area contributed by atoms with Crippen molar-refractivity contribution in [1.82, 2.24) is 20.3 Å². The standard InChI is InChI=1S/C43H46FN7O4/c1-26-5-7-31(41-28(3)47-55-29(41)4)15-38(26)51(34-10-8-33(9-11-34)43(24-45)13-14-43)20-30-18-48(19-30)35-22-49(23-35)39-16-32-21-50(42(54)36(32)17-37(39)44)27(2)6-12-40(53)46-25-52/h5,7-11,15-17,25,27,30,35H,6,12-14,18-23H2,1-4H3,(H,46,52,53). The first-order valence-corrected chi connectivity index (χ1v) is 19.2. The van der Waals surface area contributed by atoms with Crippen LogP contribution in [0.4, 0.5) is 21.5 Å². The molecule has 3 aliphatic heterocycles. The van der Waals surface area contributed by atoms with Gasteiger partial charge in [-0.3, -0.25) is 24.6 Å². The van der Waals surface area contributed by atoms with Crippen LogP contribution in [-0.4, -0.2) is 78.0 Å². The molecule has 1 aromatic heterocycles. The molecular weight excluding hydrogens is 698 g/mol. The van der Waals surface area contributed by atoms with E-state index in [1.807, 2.05) is 26.8 Å². The molecule has 0 bridgehead atoms. The fourth-order valence-electron chi connectivity index (χ4n) is 8.59. The van der Waals surface area contributed by atoms with Gasteiger partial charge >= 0.3 is 0 Å². The van der Waals surface area contributed by atoms with E-state index in [2.05, 4.69) is 80.6 Å². The zero-order valence-corrected chi connectivity index (χ0v) is 31.8. The van der Waals surface area contributed by atoms with Crippen molar-refractivity contribution in [2.75, 3.05) is 42.5 Å². The van der Waals surface area contributed by atoms with Crippen molar-refractivity contribution in [3.63, 3.8) is 0 Å². The molecule has 0 radical (unpaired) electrons. The number of likely N-dealkylation sites (tertiary alicyclic amines) is 1. The molecule has 0 spiro atoms. The van der Waals surface area contributed by atoms with Crippen LogP contribution in [0.15, 0.2) is 59.1 Å². The highest BCUT2D eigenvalue weighted by Crippen LogP contribution is 2.48. The van der Waals surface area contributed by atoms with Gasteiger partial charge in [-0.2, -0.15) is 5.26 Å². The second-order valence-electron chi connectivity index (χ2n) is 15.9. The zero-order valence-electron chi connectivity index (χ0n) is 31.8. The van der Waals surface area contributed by atoms with Gasteiger partial charge in [-0.1, -0.05) is 29.4 Å². The number of hydrogen-bond acceptors (Lipinski definition) is 9. The van der Waals surface area contributed by atoms with Gasteiger partial charge in [-0.15, -0.1) is 0 Å². The highest BCUT2D eigenvalue weighted by atomic mass is 19.1. The monoisotopic (exact) mass is 743 g/mol. The molecule has 4 aromatic rings. The van der Waals surface area contributed by atoms with Gasteiger partial charge in [0.05, 0.1) is 22.9 Å². The third kappa shape index (κ3) is 6.75. The summed E-state index contributed by atoms with van der Waals surface area (Å²) in [5, 5.41) is 16.1. The van der Waals surface area contributed by atoms with E-state index in [-0.39, 0.29) is 29.7 Å². The number of aromatic nitrogens is 1. The van der Waals surface area contributed by atoms with Crippen molar-refractivity contribution in [2.24, 2.45) is 5.92 Å². The Morgan fingerprint density at radius 2 is 1.85 bits per heavy atom. The first-order chi connectivity index (χ1) is 26.5. The molecule has 1 saturated carbocycles. The number of aryl methyl sites for hydroxylation is 3. The molecule has 284 valence electrons. The predicted octanol–water partition coefficient (Wildman–Crippen LogP) is 6.32. The van der Waals surface area contributed by atoms with Gasteiger partial charge in [0.2, 0.25) is 12.3 Å². The smallest absolute Gasteiger partial charge is 0.254 e. The van der Waals surface area contributed by atoms with Crippen LogP contribution in [0.1, 0.15) is 71.1 Å². The number of nitrogens with zero attached hydrogens (tertiary/aromatic N) is 6. The van der Waals surface area contributed by atoms with Crippen LogP contribution >= 0.6 is 0 Å². The summed E-state index contributed by atoms with van der Waals surface area (Å²) in [6.07, 6.45) is 2.70. The molecule has 12 heteroatoms. The maximum Gasteiger partial charge on any atom is 0.254 e. The number of fused-ring (bicyclic) bond motifs is 1. The summed E-state index contributed by atoms with van der Waals surface area (Å²) in [6.45, 7) is 12.4. The Balaban J connectivity index is 0.930. The van der Waals surface area contributed by atoms with Gasteiger partial charge in [0.15, 0.2) is 0 Å². The average molecular weight is 744 g/mol. The van der Waals surface area contributed by atoms with E-state index in [0.717, 1.165) is 77.6 Å². The van der Waals surface area contributed by atoms with Crippen molar-refractivity contribution >= 4 is 35.3 Å². The van der Waals surface area contributed by atoms with Crippen molar-refractivity contribution in [3.05, 3.63) is 94.1 Å². The fourth-order valence-corrected chi connectivity index (χ4v) is 8.59. The summed E-state index contributed by atoms with van der Waals surface area (Å²) >= 11 is 0. The summed E-state index contributed by atoms with van der Waals surface area (Å²) in [7, 11) is 0. The largest absolute Gasteiger partial charge is 0.366 e. The molecule has 1 unspecified atom stereocenters. The van der Waals surface area contributed by atoms with Gasteiger partial charge in [-0.25, -0.2) is 4.39 Å². The number of benzene rings is 3. The maximum absolute atomic E-state index is 15.5. The number of rotatable bonds is 13. The minimum absolute atomic E-state index is 0.123. The Morgan fingerprint density at radius 3 is 2.51 bits per heavy atom. The number of carbonyl (C=O) groups is 3. The van der Waals surface area contributed by atoms with Gasteiger partial charge < -0.3 is 19.2 Å². The summed E-state index contributed by atoms with van der Waals surface area (Å²) in [5.74, 6) is 0.191. The fraction of sp³-hybridized carbons (Fsp3) is 0.419. The minimum Gasteiger partial charge on any atom is -0.366 e. The molecule has 1 atom stereocenters. The first kappa shape index (κ1) is 36.4. The van der Waals surface area contributed by atoms with Crippen molar-refractivity contribution in [2.45, 2.75) is 77.4 Å². The van der Waals surface area contributed by atoms with Gasteiger partial charge in [0, 0.05) is 86.2 Å². The number of halogens is 1. The Hall–Kier alpha value is -5.54. The molecule has 4 heterocycles. The van der Waals surface area contributed by atoms with Crippen LogP contribution in [0.5, 0.6) is 0 Å². The molecule has 3 amide bonds. The zero-order chi connectivity index (χ0) is 38.6. The van der Waals surface area contributed by atoms with Crippen molar-refractivity contribution in [1.29, 1.82) is 5.26 Å². The first-order valence-electron chi connectivity index (χ1n) is 19.2. The van der Waals surface area contributed by atoms with E-state index in [1.165, 1.54) is 11.6 Å². The molecule has 4 aliphatic rings.